The van der Waals surface area contributed by atoms with E-state index in [1.54, 1.807) is 6.92 Å². The fourth-order valence-electron chi connectivity index (χ4n) is 1.62. The van der Waals surface area contributed by atoms with Gasteiger partial charge in [0.05, 0.1) is 0 Å². The maximum atomic E-state index is 13.7. The van der Waals surface area contributed by atoms with Gasteiger partial charge in [0.1, 0.15) is 0 Å². The smallest absolute Gasteiger partial charge is 0.162 e. The highest BCUT2D eigenvalue weighted by Crippen LogP contribution is 2.19. The van der Waals surface area contributed by atoms with E-state index in [0.29, 0.717) is 24.9 Å². The number of carbonyl (C=O) groups excluding carboxylic acids is 1. The quantitative estimate of drug-likeness (QED) is 0.739. The fourth-order valence-corrected chi connectivity index (χ4v) is 1.62. The maximum absolute atomic E-state index is 13.7. The van der Waals surface area contributed by atoms with Crippen LogP contribution in [0.2, 0.25) is 0 Å². The number of nitrogens with zero attached hydrogens (tertiary/aromatic N) is 1. The number of likely N-dealkylation sites (N-methyl/N-ethyl adjacent to an activating group) is 1. The summed E-state index contributed by atoms with van der Waals surface area (Å²) >= 11 is 0. The van der Waals surface area contributed by atoms with Crippen LogP contribution in [0.15, 0.2) is 12.1 Å². The van der Waals surface area contributed by atoms with Gasteiger partial charge in [-0.05, 0) is 32.6 Å². The van der Waals surface area contributed by atoms with Gasteiger partial charge < -0.3 is 4.90 Å². The van der Waals surface area contributed by atoms with Gasteiger partial charge in [0.15, 0.2) is 17.4 Å². The molecule has 0 aliphatic rings. The van der Waals surface area contributed by atoms with Crippen LogP contribution in [0.25, 0.3) is 0 Å². The molecule has 1 rings (SSSR count). The van der Waals surface area contributed by atoms with E-state index in [1.807, 2.05) is 19.0 Å². The van der Waals surface area contributed by atoms with Crippen molar-refractivity contribution in [3.05, 3.63) is 34.9 Å². The van der Waals surface area contributed by atoms with Gasteiger partial charge in [0.2, 0.25) is 0 Å². The van der Waals surface area contributed by atoms with Gasteiger partial charge in [-0.2, -0.15) is 0 Å². The molecule has 0 saturated heterocycles. The molecular formula is C13H17F2NO. The molecule has 0 heterocycles. The molecular weight excluding hydrogens is 224 g/mol. The van der Waals surface area contributed by atoms with Crippen LogP contribution in [0.4, 0.5) is 8.78 Å². The van der Waals surface area contributed by atoms with Crippen LogP contribution in [0, 0.1) is 11.6 Å². The molecule has 0 unspecified atom stereocenters. The first-order chi connectivity index (χ1) is 7.97. The van der Waals surface area contributed by atoms with Crippen molar-refractivity contribution in [3.63, 3.8) is 0 Å². The first-order valence-electron chi connectivity index (χ1n) is 5.62. The van der Waals surface area contributed by atoms with E-state index in [-0.39, 0.29) is 11.3 Å². The lowest BCUT2D eigenvalue weighted by Gasteiger charge is -2.13. The predicted molar refractivity (Wildman–Crippen MR) is 63.2 cm³/mol. The molecule has 4 heteroatoms. The molecule has 0 saturated carbocycles. The van der Waals surface area contributed by atoms with Crippen molar-refractivity contribution < 1.29 is 13.6 Å². The Balaban J connectivity index is 3.12. The zero-order valence-electron chi connectivity index (χ0n) is 10.4. The standard InChI is InChI=1S/C13H17F2NO/c1-4-12(17)9-5-6-11(14)13(15)10(9)7-8-16(2)3/h5-6H,4,7-8H2,1-3H3. The number of benzene rings is 1. The van der Waals surface area contributed by atoms with Crippen molar-refractivity contribution in [1.82, 2.24) is 4.90 Å². The van der Waals surface area contributed by atoms with Gasteiger partial charge in [0, 0.05) is 24.1 Å². The Morgan fingerprint density at radius 3 is 2.47 bits per heavy atom. The van der Waals surface area contributed by atoms with Crippen LogP contribution in [0.3, 0.4) is 0 Å². The Labute approximate surface area is 100 Å². The van der Waals surface area contributed by atoms with Gasteiger partial charge in [-0.3, -0.25) is 4.79 Å². The van der Waals surface area contributed by atoms with Crippen molar-refractivity contribution in [3.8, 4) is 0 Å². The monoisotopic (exact) mass is 241 g/mol. The summed E-state index contributed by atoms with van der Waals surface area (Å²) in [6.45, 7) is 2.28. The maximum Gasteiger partial charge on any atom is 0.162 e. The highest BCUT2D eigenvalue weighted by Gasteiger charge is 2.17. The lowest BCUT2D eigenvalue weighted by Crippen LogP contribution is -2.18. The fraction of sp³-hybridized carbons (Fsp3) is 0.462. The molecule has 0 amide bonds. The number of Topliss-reactive ketones (excluding diaryl/α,β-unsaturated/α-hetero) is 1. The second-order valence-electron chi connectivity index (χ2n) is 4.22. The van der Waals surface area contributed by atoms with E-state index in [9.17, 15) is 13.6 Å². The molecule has 0 N–H and O–H groups in total. The van der Waals surface area contributed by atoms with Crippen LogP contribution < -0.4 is 0 Å². The highest BCUT2D eigenvalue weighted by molar-refractivity contribution is 5.97. The average molecular weight is 241 g/mol. The summed E-state index contributed by atoms with van der Waals surface area (Å²) < 4.78 is 26.8. The number of rotatable bonds is 5. The summed E-state index contributed by atoms with van der Waals surface area (Å²) in [7, 11) is 3.69. The van der Waals surface area contributed by atoms with E-state index in [1.165, 1.54) is 6.07 Å². The second kappa shape index (κ2) is 5.87. The van der Waals surface area contributed by atoms with Crippen LogP contribution in [0.5, 0.6) is 0 Å². The van der Waals surface area contributed by atoms with Crippen molar-refractivity contribution in [2.75, 3.05) is 20.6 Å². The molecule has 0 atom stereocenters. The van der Waals surface area contributed by atoms with E-state index < -0.39 is 11.6 Å². The first-order valence-corrected chi connectivity index (χ1v) is 5.62. The van der Waals surface area contributed by atoms with E-state index in [2.05, 4.69) is 0 Å². The summed E-state index contributed by atoms with van der Waals surface area (Å²) in [6.07, 6.45) is 0.623. The zero-order chi connectivity index (χ0) is 13.0. The van der Waals surface area contributed by atoms with Crippen LogP contribution in [-0.4, -0.2) is 31.3 Å². The molecule has 94 valence electrons. The molecule has 0 fully saturated rings. The topological polar surface area (TPSA) is 20.3 Å². The largest absolute Gasteiger partial charge is 0.309 e. The minimum Gasteiger partial charge on any atom is -0.309 e. The molecule has 0 bridgehead atoms. The summed E-state index contributed by atoms with van der Waals surface area (Å²) in [4.78, 5) is 13.5. The normalized spacial score (nSPS) is 10.9. The number of halogens is 2. The third kappa shape index (κ3) is 3.33. The molecule has 0 spiro atoms. The van der Waals surface area contributed by atoms with Crippen molar-refractivity contribution in [1.29, 1.82) is 0 Å². The lowest BCUT2D eigenvalue weighted by atomic mass is 9.98. The zero-order valence-corrected chi connectivity index (χ0v) is 10.4. The number of hydrogen-bond acceptors (Lipinski definition) is 2. The second-order valence-corrected chi connectivity index (χ2v) is 4.22. The van der Waals surface area contributed by atoms with Gasteiger partial charge in [-0.1, -0.05) is 6.92 Å². The Morgan fingerprint density at radius 2 is 1.94 bits per heavy atom. The Hall–Kier alpha value is -1.29. The molecule has 0 radical (unpaired) electrons. The predicted octanol–water partition coefficient (Wildman–Crippen LogP) is 2.66. The summed E-state index contributed by atoms with van der Waals surface area (Å²) in [6, 6.07) is 2.38. The van der Waals surface area contributed by atoms with Gasteiger partial charge >= 0.3 is 0 Å². The molecule has 0 aliphatic carbocycles. The highest BCUT2D eigenvalue weighted by atomic mass is 19.2. The molecule has 17 heavy (non-hydrogen) atoms. The van der Waals surface area contributed by atoms with Gasteiger partial charge in [-0.15, -0.1) is 0 Å². The SMILES string of the molecule is CCC(=O)c1ccc(F)c(F)c1CCN(C)C. The average Bonchev–Trinajstić information content (AvgIpc) is 2.29. The number of ketones is 1. The summed E-state index contributed by atoms with van der Waals surface area (Å²) in [5, 5.41) is 0. The third-order valence-electron chi connectivity index (χ3n) is 2.63. The minimum absolute atomic E-state index is 0.155. The van der Waals surface area contributed by atoms with Crippen LogP contribution >= 0.6 is 0 Å². The minimum atomic E-state index is -0.897. The number of carbonyl (C=O) groups is 1. The van der Waals surface area contributed by atoms with Crippen molar-refractivity contribution in [2.24, 2.45) is 0 Å². The molecule has 2 nitrogen and oxygen atoms in total. The molecule has 0 aromatic heterocycles. The van der Waals surface area contributed by atoms with Crippen molar-refractivity contribution in [2.45, 2.75) is 19.8 Å². The van der Waals surface area contributed by atoms with Crippen LogP contribution in [0.1, 0.15) is 29.3 Å². The summed E-state index contributed by atoms with van der Waals surface area (Å²) in [5.74, 6) is -1.95. The number of hydrogen-bond donors (Lipinski definition) is 0. The first kappa shape index (κ1) is 13.8. The van der Waals surface area contributed by atoms with E-state index >= 15 is 0 Å². The van der Waals surface area contributed by atoms with Crippen molar-refractivity contribution >= 4 is 5.78 Å². The molecule has 1 aromatic rings. The molecule has 1 aromatic carbocycles. The lowest BCUT2D eigenvalue weighted by molar-refractivity contribution is 0.0986. The Kier molecular flexibility index (Phi) is 4.75. The Morgan fingerprint density at radius 1 is 1.29 bits per heavy atom. The van der Waals surface area contributed by atoms with E-state index in [4.69, 9.17) is 0 Å². The Bertz CT molecular complexity index is 416. The third-order valence-corrected chi connectivity index (χ3v) is 2.63. The molecule has 0 aliphatic heterocycles. The summed E-state index contributed by atoms with van der Waals surface area (Å²) in [5.41, 5.74) is 0.485. The van der Waals surface area contributed by atoms with Gasteiger partial charge in [-0.25, -0.2) is 8.78 Å². The van der Waals surface area contributed by atoms with Crippen LogP contribution in [-0.2, 0) is 6.42 Å². The van der Waals surface area contributed by atoms with Gasteiger partial charge in [0.25, 0.3) is 0 Å². The van der Waals surface area contributed by atoms with E-state index in [0.717, 1.165) is 6.07 Å².